The van der Waals surface area contributed by atoms with Crippen LogP contribution in [0.3, 0.4) is 0 Å². The monoisotopic (exact) mass is 450 g/mol. The van der Waals surface area contributed by atoms with Crippen LogP contribution >= 0.6 is 11.6 Å². The molecule has 0 N–H and O–H groups in total. The van der Waals surface area contributed by atoms with E-state index in [2.05, 4.69) is 0 Å². The second-order valence-corrected chi connectivity index (χ2v) is 9.50. The van der Waals surface area contributed by atoms with E-state index in [9.17, 15) is 18.0 Å². The molecule has 7 nitrogen and oxygen atoms in total. The number of hydrogen-bond acceptors (Lipinski definition) is 6. The van der Waals surface area contributed by atoms with Gasteiger partial charge in [0.15, 0.2) is 9.84 Å². The maximum Gasteiger partial charge on any atom is 0.327 e. The number of rotatable bonds is 5. The number of carbonyl (C=O) groups excluding carboxylic acids is 2. The van der Waals surface area contributed by atoms with Crippen molar-refractivity contribution in [2.75, 3.05) is 39.5 Å². The lowest BCUT2D eigenvalue weighted by atomic mass is 10.0. The molecule has 0 spiro atoms. The highest BCUT2D eigenvalue weighted by molar-refractivity contribution is 7.90. The van der Waals surface area contributed by atoms with E-state index < -0.39 is 21.8 Å². The van der Waals surface area contributed by atoms with Gasteiger partial charge in [0.05, 0.1) is 12.0 Å². The predicted octanol–water partition coefficient (Wildman–Crippen LogP) is 2.42. The molecule has 1 aliphatic heterocycles. The summed E-state index contributed by atoms with van der Waals surface area (Å²) in [5, 5.41) is 0.476. The average Bonchev–Trinajstić information content (AvgIpc) is 2.74. The SMILES string of the molecule is COC(=O)C(c1ccccc1Cl)N1CCN(C(=O)c2cccc(S(C)(=O)=O)c2)CC1. The van der Waals surface area contributed by atoms with Gasteiger partial charge in [-0.15, -0.1) is 0 Å². The summed E-state index contributed by atoms with van der Waals surface area (Å²) in [4.78, 5) is 29.0. The molecule has 2 aromatic carbocycles. The third-order valence-electron chi connectivity index (χ3n) is 5.10. The molecule has 1 amide bonds. The highest BCUT2D eigenvalue weighted by Crippen LogP contribution is 2.29. The first kappa shape index (κ1) is 22.3. The van der Waals surface area contributed by atoms with E-state index in [4.69, 9.17) is 16.3 Å². The fourth-order valence-electron chi connectivity index (χ4n) is 3.51. The number of methoxy groups -OCH3 is 1. The summed E-state index contributed by atoms with van der Waals surface area (Å²) in [7, 11) is -2.07. The van der Waals surface area contributed by atoms with Crippen molar-refractivity contribution in [1.82, 2.24) is 9.80 Å². The standard InChI is InChI=1S/C21H23ClN2O5S/c1-29-21(26)19(17-8-3-4-9-18(17)22)23-10-12-24(13-11-23)20(25)15-6-5-7-16(14-15)30(2,27)28/h3-9,14,19H,10-13H2,1-2H3. The lowest BCUT2D eigenvalue weighted by Crippen LogP contribution is -2.51. The van der Waals surface area contributed by atoms with Gasteiger partial charge in [-0.25, -0.2) is 13.2 Å². The summed E-state index contributed by atoms with van der Waals surface area (Å²) in [5.74, 6) is -0.656. The number of amides is 1. The van der Waals surface area contributed by atoms with Gasteiger partial charge in [0, 0.05) is 43.0 Å². The predicted molar refractivity (Wildman–Crippen MR) is 113 cm³/mol. The molecular formula is C21H23ClN2O5S. The Morgan fingerprint density at radius 2 is 1.70 bits per heavy atom. The van der Waals surface area contributed by atoms with Gasteiger partial charge in [-0.3, -0.25) is 9.69 Å². The highest BCUT2D eigenvalue weighted by atomic mass is 35.5. The first-order valence-corrected chi connectivity index (χ1v) is 11.6. The van der Waals surface area contributed by atoms with E-state index in [1.54, 1.807) is 35.2 Å². The molecule has 3 rings (SSSR count). The molecule has 160 valence electrons. The minimum absolute atomic E-state index is 0.108. The average molecular weight is 451 g/mol. The molecule has 1 atom stereocenters. The molecule has 2 aromatic rings. The first-order chi connectivity index (χ1) is 14.2. The summed E-state index contributed by atoms with van der Waals surface area (Å²) >= 11 is 6.30. The fourth-order valence-corrected chi connectivity index (χ4v) is 4.41. The smallest absolute Gasteiger partial charge is 0.327 e. The van der Waals surface area contributed by atoms with Crippen LogP contribution < -0.4 is 0 Å². The zero-order valence-corrected chi connectivity index (χ0v) is 18.3. The number of esters is 1. The second-order valence-electron chi connectivity index (χ2n) is 7.08. The van der Waals surface area contributed by atoms with Crippen LogP contribution in [0.25, 0.3) is 0 Å². The van der Waals surface area contributed by atoms with Gasteiger partial charge in [0.2, 0.25) is 0 Å². The number of hydrogen-bond donors (Lipinski definition) is 0. The minimum atomic E-state index is -3.40. The van der Waals surface area contributed by atoms with Crippen molar-refractivity contribution < 1.29 is 22.7 Å². The minimum Gasteiger partial charge on any atom is -0.468 e. The maximum atomic E-state index is 12.9. The summed E-state index contributed by atoms with van der Waals surface area (Å²) in [6.07, 6.45) is 1.11. The molecule has 0 saturated carbocycles. The van der Waals surface area contributed by atoms with Gasteiger partial charge < -0.3 is 9.64 Å². The molecular weight excluding hydrogens is 428 g/mol. The van der Waals surface area contributed by atoms with Crippen LogP contribution in [0.4, 0.5) is 0 Å². The van der Waals surface area contributed by atoms with Crippen LogP contribution in [0.5, 0.6) is 0 Å². The maximum absolute atomic E-state index is 12.9. The molecule has 0 aliphatic carbocycles. The topological polar surface area (TPSA) is 84.0 Å². The van der Waals surface area contributed by atoms with E-state index in [0.717, 1.165) is 6.26 Å². The molecule has 1 saturated heterocycles. The van der Waals surface area contributed by atoms with Gasteiger partial charge in [-0.05, 0) is 29.8 Å². The van der Waals surface area contributed by atoms with E-state index in [-0.39, 0.29) is 10.8 Å². The fraction of sp³-hybridized carbons (Fsp3) is 0.333. The van der Waals surface area contributed by atoms with Crippen LogP contribution in [0.15, 0.2) is 53.4 Å². The van der Waals surface area contributed by atoms with Crippen LogP contribution in [-0.2, 0) is 19.4 Å². The molecule has 1 aliphatic rings. The Kier molecular flexibility index (Phi) is 6.80. The van der Waals surface area contributed by atoms with Crippen molar-refractivity contribution in [2.45, 2.75) is 10.9 Å². The number of piperazine rings is 1. The summed E-state index contributed by atoms with van der Waals surface area (Å²) < 4.78 is 28.5. The Balaban J connectivity index is 1.75. The Bertz CT molecular complexity index is 1050. The van der Waals surface area contributed by atoms with E-state index in [1.807, 2.05) is 11.0 Å². The van der Waals surface area contributed by atoms with Crippen molar-refractivity contribution in [3.63, 3.8) is 0 Å². The van der Waals surface area contributed by atoms with Crippen molar-refractivity contribution in [3.8, 4) is 0 Å². The number of nitrogens with zero attached hydrogens (tertiary/aromatic N) is 2. The largest absolute Gasteiger partial charge is 0.468 e. The van der Waals surface area contributed by atoms with Crippen LogP contribution in [0.1, 0.15) is 22.0 Å². The lowest BCUT2D eigenvalue weighted by molar-refractivity contribution is -0.148. The Hall–Kier alpha value is -2.42. The van der Waals surface area contributed by atoms with Gasteiger partial charge >= 0.3 is 5.97 Å². The van der Waals surface area contributed by atoms with Crippen molar-refractivity contribution >= 4 is 33.3 Å². The zero-order chi connectivity index (χ0) is 21.9. The second kappa shape index (κ2) is 9.16. The number of sulfone groups is 1. The molecule has 1 heterocycles. The molecule has 30 heavy (non-hydrogen) atoms. The number of carbonyl (C=O) groups is 2. The number of benzene rings is 2. The lowest BCUT2D eigenvalue weighted by Gasteiger charge is -2.38. The van der Waals surface area contributed by atoms with E-state index in [0.29, 0.717) is 42.3 Å². The molecule has 0 radical (unpaired) electrons. The van der Waals surface area contributed by atoms with Gasteiger partial charge in [-0.2, -0.15) is 0 Å². The zero-order valence-electron chi connectivity index (χ0n) is 16.7. The number of halogens is 1. The molecule has 9 heteroatoms. The van der Waals surface area contributed by atoms with Gasteiger partial charge in [-0.1, -0.05) is 35.9 Å². The van der Waals surface area contributed by atoms with Crippen molar-refractivity contribution in [3.05, 3.63) is 64.7 Å². The van der Waals surface area contributed by atoms with Crippen LogP contribution in [0, 0.1) is 0 Å². The Labute approximate surface area is 181 Å². The quantitative estimate of drug-likeness (QED) is 0.650. The molecule has 0 bridgehead atoms. The molecule has 1 fully saturated rings. The normalized spacial score (nSPS) is 16.2. The van der Waals surface area contributed by atoms with Crippen molar-refractivity contribution in [2.24, 2.45) is 0 Å². The first-order valence-electron chi connectivity index (χ1n) is 9.38. The third kappa shape index (κ3) is 4.83. The summed E-state index contributed by atoms with van der Waals surface area (Å²) in [6.45, 7) is 1.67. The summed E-state index contributed by atoms with van der Waals surface area (Å²) in [5.41, 5.74) is 0.980. The van der Waals surface area contributed by atoms with E-state index in [1.165, 1.54) is 19.2 Å². The number of ether oxygens (including phenoxy) is 1. The van der Waals surface area contributed by atoms with E-state index >= 15 is 0 Å². The molecule has 1 unspecified atom stereocenters. The Morgan fingerprint density at radius 3 is 2.30 bits per heavy atom. The Morgan fingerprint density at radius 1 is 1.03 bits per heavy atom. The van der Waals surface area contributed by atoms with Crippen LogP contribution in [0.2, 0.25) is 5.02 Å². The van der Waals surface area contributed by atoms with Gasteiger partial charge in [0.25, 0.3) is 5.91 Å². The van der Waals surface area contributed by atoms with Gasteiger partial charge in [0.1, 0.15) is 6.04 Å². The third-order valence-corrected chi connectivity index (χ3v) is 6.55. The molecule has 0 aromatic heterocycles. The summed E-state index contributed by atoms with van der Waals surface area (Å²) in [6, 6.07) is 12.5. The van der Waals surface area contributed by atoms with Crippen molar-refractivity contribution in [1.29, 1.82) is 0 Å². The highest BCUT2D eigenvalue weighted by Gasteiger charge is 2.33. The van der Waals surface area contributed by atoms with Crippen LogP contribution in [-0.4, -0.2) is 69.6 Å².